The number of hydrogen-bond donors (Lipinski definition) is 1. The molecule has 2 aromatic carbocycles. The summed E-state index contributed by atoms with van der Waals surface area (Å²) in [4.78, 5) is 0. The van der Waals surface area contributed by atoms with Gasteiger partial charge in [-0.1, -0.05) is 29.8 Å². The molecular formula is C15H13BrClF2N. The molecule has 0 amide bonds. The third-order valence-electron chi connectivity index (χ3n) is 3.14. The fourth-order valence-electron chi connectivity index (χ4n) is 2.06. The molecule has 0 bridgehead atoms. The van der Waals surface area contributed by atoms with Crippen LogP contribution in [0, 0.1) is 11.6 Å². The highest BCUT2D eigenvalue weighted by atomic mass is 79.9. The fraction of sp³-hybridized carbons (Fsp3) is 0.200. The highest BCUT2D eigenvalue weighted by Crippen LogP contribution is 2.27. The molecule has 0 aliphatic rings. The molecule has 0 saturated heterocycles. The van der Waals surface area contributed by atoms with Crippen molar-refractivity contribution in [3.05, 3.63) is 68.7 Å². The Hall–Kier alpha value is -0.970. The van der Waals surface area contributed by atoms with Crippen molar-refractivity contribution in [3.8, 4) is 0 Å². The van der Waals surface area contributed by atoms with Crippen LogP contribution >= 0.6 is 27.5 Å². The molecular weight excluding hydrogens is 348 g/mol. The van der Waals surface area contributed by atoms with Crippen molar-refractivity contribution in [3.63, 3.8) is 0 Å². The van der Waals surface area contributed by atoms with Gasteiger partial charge in [-0.15, -0.1) is 0 Å². The monoisotopic (exact) mass is 359 g/mol. The quantitative estimate of drug-likeness (QED) is 0.819. The first kappa shape index (κ1) is 15.4. The maximum Gasteiger partial charge on any atom is 0.142 e. The first-order chi connectivity index (χ1) is 9.52. The van der Waals surface area contributed by atoms with E-state index in [2.05, 4.69) is 21.2 Å². The maximum absolute atomic E-state index is 14.1. The third kappa shape index (κ3) is 3.37. The zero-order valence-electron chi connectivity index (χ0n) is 10.8. The summed E-state index contributed by atoms with van der Waals surface area (Å²) in [6, 6.07) is 9.28. The van der Waals surface area contributed by atoms with Crippen LogP contribution in [0.3, 0.4) is 0 Å². The van der Waals surface area contributed by atoms with Gasteiger partial charge in [-0.05, 0) is 53.2 Å². The standard InChI is InChI=1S/C15H13BrClF2N/c1-20-14(11-3-2-4-12(16)15(11)19)7-9-5-6-10(17)8-13(9)18/h2-6,8,14,20H,7H2,1H3. The van der Waals surface area contributed by atoms with Crippen molar-refractivity contribution >= 4 is 27.5 Å². The summed E-state index contributed by atoms with van der Waals surface area (Å²) < 4.78 is 28.3. The van der Waals surface area contributed by atoms with Gasteiger partial charge in [0.2, 0.25) is 0 Å². The van der Waals surface area contributed by atoms with Gasteiger partial charge in [0.1, 0.15) is 11.6 Å². The van der Waals surface area contributed by atoms with Gasteiger partial charge in [0, 0.05) is 16.6 Å². The van der Waals surface area contributed by atoms with Crippen molar-refractivity contribution in [1.82, 2.24) is 5.32 Å². The Morgan fingerprint density at radius 2 is 2.00 bits per heavy atom. The molecule has 0 spiro atoms. The summed E-state index contributed by atoms with van der Waals surface area (Å²) in [7, 11) is 1.72. The molecule has 1 atom stereocenters. The molecule has 0 aliphatic carbocycles. The molecule has 106 valence electrons. The fourth-order valence-corrected chi connectivity index (χ4v) is 2.60. The van der Waals surface area contributed by atoms with E-state index in [1.54, 1.807) is 37.4 Å². The zero-order chi connectivity index (χ0) is 14.7. The van der Waals surface area contributed by atoms with Crippen LogP contribution in [0.4, 0.5) is 8.78 Å². The molecule has 0 saturated carbocycles. The molecule has 0 aromatic heterocycles. The van der Waals surface area contributed by atoms with Crippen LogP contribution in [0.1, 0.15) is 17.2 Å². The smallest absolute Gasteiger partial charge is 0.142 e. The van der Waals surface area contributed by atoms with E-state index >= 15 is 0 Å². The van der Waals surface area contributed by atoms with Crippen LogP contribution < -0.4 is 5.32 Å². The van der Waals surface area contributed by atoms with Crippen molar-refractivity contribution < 1.29 is 8.78 Å². The van der Waals surface area contributed by atoms with E-state index in [0.717, 1.165) is 0 Å². The minimum absolute atomic E-state index is 0.317. The number of nitrogens with one attached hydrogen (secondary N) is 1. The SMILES string of the molecule is CNC(Cc1ccc(Cl)cc1F)c1cccc(Br)c1F. The molecule has 0 radical (unpaired) electrons. The van der Waals surface area contributed by atoms with Crippen molar-refractivity contribution in [2.24, 2.45) is 0 Å². The van der Waals surface area contributed by atoms with Crippen molar-refractivity contribution in [2.45, 2.75) is 12.5 Å². The van der Waals surface area contributed by atoms with E-state index in [4.69, 9.17) is 11.6 Å². The van der Waals surface area contributed by atoms with E-state index in [0.29, 0.717) is 27.0 Å². The summed E-state index contributed by atoms with van der Waals surface area (Å²) in [5.74, 6) is -0.714. The lowest BCUT2D eigenvalue weighted by atomic mass is 9.98. The van der Waals surface area contributed by atoms with Gasteiger partial charge in [-0.2, -0.15) is 0 Å². The Morgan fingerprint density at radius 1 is 1.25 bits per heavy atom. The Kier molecular flexibility index (Phi) is 5.13. The molecule has 1 nitrogen and oxygen atoms in total. The minimum Gasteiger partial charge on any atom is -0.313 e. The predicted molar refractivity (Wildman–Crippen MR) is 81.0 cm³/mol. The van der Waals surface area contributed by atoms with Gasteiger partial charge < -0.3 is 5.32 Å². The third-order valence-corrected chi connectivity index (χ3v) is 3.99. The lowest BCUT2D eigenvalue weighted by molar-refractivity contribution is 0.517. The summed E-state index contributed by atoms with van der Waals surface area (Å²) in [6.07, 6.45) is 0.340. The first-order valence-corrected chi connectivity index (χ1v) is 7.25. The predicted octanol–water partition coefficient (Wildman–Crippen LogP) is 4.88. The molecule has 20 heavy (non-hydrogen) atoms. The Balaban J connectivity index is 2.31. The Bertz CT molecular complexity index is 619. The average Bonchev–Trinajstić information content (AvgIpc) is 2.42. The van der Waals surface area contributed by atoms with Crippen LogP contribution in [0.15, 0.2) is 40.9 Å². The second-order valence-corrected chi connectivity index (χ2v) is 5.71. The van der Waals surface area contributed by atoms with Gasteiger partial charge in [0.15, 0.2) is 0 Å². The lowest BCUT2D eigenvalue weighted by Gasteiger charge is -2.18. The molecule has 2 aromatic rings. The van der Waals surface area contributed by atoms with E-state index in [9.17, 15) is 8.78 Å². The second-order valence-electron chi connectivity index (χ2n) is 4.42. The molecule has 1 N–H and O–H groups in total. The minimum atomic E-state index is -0.381. The normalized spacial score (nSPS) is 12.4. The average molecular weight is 361 g/mol. The van der Waals surface area contributed by atoms with Crippen LogP contribution in [0.2, 0.25) is 5.02 Å². The number of halogens is 4. The molecule has 0 aliphatic heterocycles. The van der Waals surface area contributed by atoms with Crippen LogP contribution in [-0.2, 0) is 6.42 Å². The van der Waals surface area contributed by atoms with Gasteiger partial charge in [-0.25, -0.2) is 8.78 Å². The maximum atomic E-state index is 14.1. The molecule has 5 heteroatoms. The summed E-state index contributed by atoms with van der Waals surface area (Å²) in [5, 5.41) is 3.36. The molecule has 0 heterocycles. The molecule has 1 unspecified atom stereocenters. The Morgan fingerprint density at radius 3 is 2.65 bits per heavy atom. The van der Waals surface area contributed by atoms with Gasteiger partial charge in [0.05, 0.1) is 4.47 Å². The van der Waals surface area contributed by atoms with Crippen molar-refractivity contribution in [2.75, 3.05) is 7.05 Å². The van der Waals surface area contributed by atoms with Gasteiger partial charge >= 0.3 is 0 Å². The largest absolute Gasteiger partial charge is 0.313 e. The second kappa shape index (κ2) is 6.66. The van der Waals surface area contributed by atoms with Gasteiger partial charge in [-0.3, -0.25) is 0 Å². The number of rotatable bonds is 4. The summed E-state index contributed by atoms with van der Waals surface area (Å²) in [5.41, 5.74) is 0.990. The van der Waals surface area contributed by atoms with Crippen LogP contribution in [0.5, 0.6) is 0 Å². The topological polar surface area (TPSA) is 12.0 Å². The van der Waals surface area contributed by atoms with Gasteiger partial charge in [0.25, 0.3) is 0 Å². The molecule has 0 fully saturated rings. The lowest BCUT2D eigenvalue weighted by Crippen LogP contribution is -2.20. The molecule has 2 rings (SSSR count). The highest BCUT2D eigenvalue weighted by molar-refractivity contribution is 9.10. The summed E-state index contributed by atoms with van der Waals surface area (Å²) in [6.45, 7) is 0. The number of hydrogen-bond acceptors (Lipinski definition) is 1. The van der Waals surface area contributed by atoms with E-state index < -0.39 is 0 Å². The number of benzene rings is 2. The van der Waals surface area contributed by atoms with Crippen LogP contribution in [-0.4, -0.2) is 7.05 Å². The Labute approximate surface area is 130 Å². The van der Waals surface area contributed by atoms with Crippen LogP contribution in [0.25, 0.3) is 0 Å². The summed E-state index contributed by atoms with van der Waals surface area (Å²) >= 11 is 8.89. The first-order valence-electron chi connectivity index (χ1n) is 6.08. The number of likely N-dealkylation sites (N-methyl/N-ethyl adjacent to an activating group) is 1. The van der Waals surface area contributed by atoms with E-state index in [1.165, 1.54) is 6.07 Å². The zero-order valence-corrected chi connectivity index (χ0v) is 13.1. The van der Waals surface area contributed by atoms with E-state index in [-0.39, 0.29) is 17.7 Å². The van der Waals surface area contributed by atoms with E-state index in [1.807, 2.05) is 0 Å². The highest BCUT2D eigenvalue weighted by Gasteiger charge is 2.18. The van der Waals surface area contributed by atoms with Crippen molar-refractivity contribution in [1.29, 1.82) is 0 Å².